The van der Waals surface area contributed by atoms with Gasteiger partial charge >= 0.3 is 0 Å². The second-order valence-corrected chi connectivity index (χ2v) is 10.8. The molecule has 1 saturated heterocycles. The molecule has 142 valence electrons. The lowest BCUT2D eigenvalue weighted by molar-refractivity contribution is -0.122. The molecule has 0 aromatic rings. The number of morpholine rings is 1. The van der Waals surface area contributed by atoms with Crippen LogP contribution in [0.1, 0.15) is 78.1 Å². The molecule has 7 atom stereocenters. The molecular weight excluding hydrogens is 306 g/mol. The third-order valence-electron chi connectivity index (χ3n) is 9.93. The first kappa shape index (κ1) is 17.0. The Kier molecular flexibility index (Phi) is 4.25. The van der Waals surface area contributed by atoms with E-state index in [1.807, 2.05) is 0 Å². The summed E-state index contributed by atoms with van der Waals surface area (Å²) in [6.45, 7) is 9.66. The maximum atomic E-state index is 5.62. The monoisotopic (exact) mass is 345 g/mol. The van der Waals surface area contributed by atoms with Crippen LogP contribution in [0.5, 0.6) is 0 Å². The third-order valence-corrected chi connectivity index (χ3v) is 9.93. The third kappa shape index (κ3) is 2.64. The maximum absolute atomic E-state index is 5.62. The second-order valence-electron chi connectivity index (χ2n) is 10.8. The summed E-state index contributed by atoms with van der Waals surface area (Å²) in [6.07, 6.45) is 15.2. The molecule has 2 nitrogen and oxygen atoms in total. The number of hydrogen-bond donors (Lipinski definition) is 0. The molecule has 1 heterocycles. The standard InChI is InChI=1S/C23H39NO/c1-22-10-3-4-20(22)19-8-6-17-5-7-18(24-12-14-25-15-13-24)16-23(17,2)21(19)9-11-22/h17-21H,3-16H2,1-2H3/t17?,18-,19+,20+,21+,22+,23+/m1/s1. The van der Waals surface area contributed by atoms with Gasteiger partial charge in [-0.2, -0.15) is 0 Å². The van der Waals surface area contributed by atoms with Gasteiger partial charge in [0.15, 0.2) is 0 Å². The molecule has 0 N–H and O–H groups in total. The summed E-state index contributed by atoms with van der Waals surface area (Å²) in [7, 11) is 0. The first-order valence-electron chi connectivity index (χ1n) is 11.4. The van der Waals surface area contributed by atoms with Crippen LogP contribution in [0.15, 0.2) is 0 Å². The fourth-order valence-electron chi connectivity index (χ4n) is 8.58. The van der Waals surface area contributed by atoms with E-state index in [4.69, 9.17) is 4.74 Å². The Hall–Kier alpha value is -0.0800. The number of rotatable bonds is 1. The van der Waals surface area contributed by atoms with Gasteiger partial charge < -0.3 is 4.74 Å². The van der Waals surface area contributed by atoms with Crippen molar-refractivity contribution in [2.45, 2.75) is 84.1 Å². The Bertz CT molecular complexity index is 500. The minimum atomic E-state index is 0.633. The van der Waals surface area contributed by atoms with Crippen molar-refractivity contribution in [2.24, 2.45) is 34.5 Å². The zero-order chi connectivity index (χ0) is 17.1. The minimum absolute atomic E-state index is 0.633. The van der Waals surface area contributed by atoms with Crippen molar-refractivity contribution in [1.29, 1.82) is 0 Å². The summed E-state index contributed by atoms with van der Waals surface area (Å²) in [4.78, 5) is 2.79. The SMILES string of the molecule is C[C@@]12CCC[C@H]1[C@@H]1CCC3CC[C@@H](N4CCOCC4)C[C@]3(C)[C@H]1CC2. The first-order chi connectivity index (χ1) is 12.1. The van der Waals surface area contributed by atoms with E-state index in [0.717, 1.165) is 42.9 Å². The molecule has 2 heteroatoms. The highest BCUT2D eigenvalue weighted by Crippen LogP contribution is 2.66. The Labute approximate surface area is 155 Å². The first-order valence-corrected chi connectivity index (χ1v) is 11.4. The van der Waals surface area contributed by atoms with Gasteiger partial charge in [-0.15, -0.1) is 0 Å². The Balaban J connectivity index is 1.38. The quantitative estimate of drug-likeness (QED) is 0.654. The van der Waals surface area contributed by atoms with Gasteiger partial charge in [-0.25, -0.2) is 0 Å². The topological polar surface area (TPSA) is 12.5 Å². The van der Waals surface area contributed by atoms with Crippen molar-refractivity contribution >= 4 is 0 Å². The van der Waals surface area contributed by atoms with Crippen LogP contribution in [0, 0.1) is 34.5 Å². The fourth-order valence-corrected chi connectivity index (χ4v) is 8.58. The normalized spacial score (nSPS) is 53.8. The van der Waals surface area contributed by atoms with Gasteiger partial charge in [-0.05, 0) is 92.3 Å². The molecular formula is C23H39NO. The van der Waals surface area contributed by atoms with E-state index >= 15 is 0 Å². The molecule has 4 saturated carbocycles. The van der Waals surface area contributed by atoms with E-state index < -0.39 is 0 Å². The van der Waals surface area contributed by atoms with E-state index in [1.165, 1.54) is 51.6 Å². The lowest BCUT2D eigenvalue weighted by atomic mass is 9.45. The summed E-state index contributed by atoms with van der Waals surface area (Å²) in [6, 6.07) is 0.848. The molecule has 0 aromatic carbocycles. The van der Waals surface area contributed by atoms with Crippen LogP contribution in [0.3, 0.4) is 0 Å². The van der Waals surface area contributed by atoms with E-state index in [1.54, 1.807) is 25.7 Å². The number of nitrogens with zero attached hydrogens (tertiary/aromatic N) is 1. The average molecular weight is 346 g/mol. The van der Waals surface area contributed by atoms with Crippen molar-refractivity contribution in [3.8, 4) is 0 Å². The summed E-state index contributed by atoms with van der Waals surface area (Å²) in [5.74, 6) is 4.18. The van der Waals surface area contributed by atoms with Crippen LogP contribution in [-0.2, 0) is 4.74 Å². The van der Waals surface area contributed by atoms with Crippen molar-refractivity contribution in [3.63, 3.8) is 0 Å². The summed E-state index contributed by atoms with van der Waals surface area (Å²) < 4.78 is 5.62. The number of fused-ring (bicyclic) bond motifs is 5. The fraction of sp³-hybridized carbons (Fsp3) is 1.00. The largest absolute Gasteiger partial charge is 0.379 e. The van der Waals surface area contributed by atoms with Gasteiger partial charge in [-0.3, -0.25) is 4.90 Å². The molecule has 5 fully saturated rings. The van der Waals surface area contributed by atoms with Gasteiger partial charge in [0.05, 0.1) is 13.2 Å². The van der Waals surface area contributed by atoms with Crippen molar-refractivity contribution in [1.82, 2.24) is 4.90 Å². The molecule has 5 rings (SSSR count). The van der Waals surface area contributed by atoms with E-state index in [-0.39, 0.29) is 0 Å². The Morgan fingerprint density at radius 2 is 1.64 bits per heavy atom. The molecule has 1 aliphatic heterocycles. The molecule has 0 aromatic heterocycles. The lowest BCUT2D eigenvalue weighted by Crippen LogP contribution is -2.56. The predicted octanol–water partition coefficient (Wildman–Crippen LogP) is 5.12. The van der Waals surface area contributed by atoms with Gasteiger partial charge in [0, 0.05) is 19.1 Å². The van der Waals surface area contributed by atoms with Gasteiger partial charge in [0.1, 0.15) is 0 Å². The maximum Gasteiger partial charge on any atom is 0.0594 e. The smallest absolute Gasteiger partial charge is 0.0594 e. The molecule has 25 heavy (non-hydrogen) atoms. The van der Waals surface area contributed by atoms with Crippen LogP contribution in [0.25, 0.3) is 0 Å². The highest BCUT2D eigenvalue weighted by Gasteiger charge is 2.58. The minimum Gasteiger partial charge on any atom is -0.379 e. The van der Waals surface area contributed by atoms with Crippen LogP contribution in [0.4, 0.5) is 0 Å². The van der Waals surface area contributed by atoms with Crippen molar-refractivity contribution < 1.29 is 4.74 Å². The van der Waals surface area contributed by atoms with Crippen LogP contribution in [-0.4, -0.2) is 37.2 Å². The lowest BCUT2D eigenvalue weighted by Gasteiger charge is -2.61. The zero-order valence-corrected chi connectivity index (χ0v) is 16.6. The Morgan fingerprint density at radius 3 is 2.48 bits per heavy atom. The molecule has 0 radical (unpaired) electrons. The summed E-state index contributed by atoms with van der Waals surface area (Å²) >= 11 is 0. The number of ether oxygens (including phenoxy) is 1. The van der Waals surface area contributed by atoms with E-state index in [2.05, 4.69) is 18.7 Å². The van der Waals surface area contributed by atoms with Gasteiger partial charge in [0.25, 0.3) is 0 Å². The summed E-state index contributed by atoms with van der Waals surface area (Å²) in [5.41, 5.74) is 1.34. The van der Waals surface area contributed by atoms with Gasteiger partial charge in [0.2, 0.25) is 0 Å². The molecule has 1 unspecified atom stereocenters. The van der Waals surface area contributed by atoms with Crippen LogP contribution >= 0.6 is 0 Å². The van der Waals surface area contributed by atoms with Crippen molar-refractivity contribution in [3.05, 3.63) is 0 Å². The highest BCUT2D eigenvalue weighted by atomic mass is 16.5. The average Bonchev–Trinajstić information content (AvgIpc) is 3.03. The number of hydrogen-bond acceptors (Lipinski definition) is 2. The van der Waals surface area contributed by atoms with E-state index in [0.29, 0.717) is 10.8 Å². The molecule has 0 amide bonds. The second kappa shape index (κ2) is 6.23. The van der Waals surface area contributed by atoms with E-state index in [9.17, 15) is 0 Å². The van der Waals surface area contributed by atoms with Crippen molar-refractivity contribution in [2.75, 3.05) is 26.3 Å². The molecule has 5 aliphatic rings. The highest BCUT2D eigenvalue weighted by molar-refractivity contribution is 5.08. The van der Waals surface area contributed by atoms with Gasteiger partial charge in [-0.1, -0.05) is 20.3 Å². The predicted molar refractivity (Wildman–Crippen MR) is 103 cm³/mol. The summed E-state index contributed by atoms with van der Waals surface area (Å²) in [5, 5.41) is 0. The molecule has 4 aliphatic carbocycles. The molecule has 0 spiro atoms. The van der Waals surface area contributed by atoms with Crippen LogP contribution in [0.2, 0.25) is 0 Å². The zero-order valence-electron chi connectivity index (χ0n) is 16.6. The Morgan fingerprint density at radius 1 is 0.840 bits per heavy atom. The van der Waals surface area contributed by atoms with Crippen LogP contribution < -0.4 is 0 Å². The molecule has 0 bridgehead atoms.